The first-order chi connectivity index (χ1) is 9.97. The maximum atomic E-state index is 12.3. The molecule has 1 unspecified atom stereocenters. The van der Waals surface area contributed by atoms with Gasteiger partial charge in [0.15, 0.2) is 0 Å². The first-order valence-corrected chi connectivity index (χ1v) is 6.33. The second-order valence-corrected chi connectivity index (χ2v) is 4.54. The lowest BCUT2D eigenvalue weighted by molar-refractivity contribution is -0.119. The van der Waals surface area contributed by atoms with E-state index in [2.05, 4.69) is 15.2 Å². The maximum absolute atomic E-state index is 12.3. The Balaban J connectivity index is 2.12. The van der Waals surface area contributed by atoms with Crippen molar-refractivity contribution in [3.05, 3.63) is 42.2 Å². The molecule has 1 aromatic carbocycles. The molecule has 0 fully saturated rings. The van der Waals surface area contributed by atoms with E-state index < -0.39 is 12.7 Å². The number of alkyl halides is 2. The summed E-state index contributed by atoms with van der Waals surface area (Å²) in [7, 11) is 0. The molecule has 0 aliphatic rings. The van der Waals surface area contributed by atoms with Crippen LogP contribution in [0.1, 0.15) is 18.5 Å². The SMILES string of the molecule is Cc1cnn(C(C)C(=O)Nc2ccccc2OC(F)F)c1. The van der Waals surface area contributed by atoms with Crippen molar-refractivity contribution in [3.8, 4) is 5.75 Å². The minimum Gasteiger partial charge on any atom is -0.433 e. The number of carbonyl (C=O) groups is 1. The van der Waals surface area contributed by atoms with E-state index in [4.69, 9.17) is 0 Å². The number of amides is 1. The van der Waals surface area contributed by atoms with Crippen LogP contribution in [0, 0.1) is 6.92 Å². The lowest BCUT2D eigenvalue weighted by Crippen LogP contribution is -2.24. The minimum atomic E-state index is -2.95. The summed E-state index contributed by atoms with van der Waals surface area (Å²) in [6.07, 6.45) is 3.36. The summed E-state index contributed by atoms with van der Waals surface area (Å²) in [6.45, 7) is 0.576. The lowest BCUT2D eigenvalue weighted by atomic mass is 10.2. The Morgan fingerprint density at radius 2 is 2.10 bits per heavy atom. The number of rotatable bonds is 5. The van der Waals surface area contributed by atoms with Gasteiger partial charge in [0.05, 0.1) is 11.9 Å². The van der Waals surface area contributed by atoms with E-state index >= 15 is 0 Å². The molecule has 1 N–H and O–H groups in total. The zero-order valence-corrected chi connectivity index (χ0v) is 11.6. The smallest absolute Gasteiger partial charge is 0.387 e. The third-order valence-corrected chi connectivity index (χ3v) is 2.87. The number of ether oxygens (including phenoxy) is 1. The van der Waals surface area contributed by atoms with Gasteiger partial charge >= 0.3 is 6.61 Å². The van der Waals surface area contributed by atoms with E-state index in [-0.39, 0.29) is 17.3 Å². The van der Waals surface area contributed by atoms with Gasteiger partial charge in [0.1, 0.15) is 11.8 Å². The first-order valence-electron chi connectivity index (χ1n) is 6.33. The van der Waals surface area contributed by atoms with Gasteiger partial charge in [-0.25, -0.2) is 0 Å². The highest BCUT2D eigenvalue weighted by Crippen LogP contribution is 2.26. The van der Waals surface area contributed by atoms with E-state index in [0.29, 0.717) is 0 Å². The quantitative estimate of drug-likeness (QED) is 0.922. The summed E-state index contributed by atoms with van der Waals surface area (Å²) < 4.78 is 30.5. The Bertz CT molecular complexity index is 628. The van der Waals surface area contributed by atoms with Crippen molar-refractivity contribution < 1.29 is 18.3 Å². The Kier molecular flexibility index (Phi) is 4.52. The van der Waals surface area contributed by atoms with Crippen molar-refractivity contribution in [3.63, 3.8) is 0 Å². The zero-order chi connectivity index (χ0) is 15.4. The van der Waals surface area contributed by atoms with Gasteiger partial charge in [-0.2, -0.15) is 13.9 Å². The first kappa shape index (κ1) is 15.0. The Morgan fingerprint density at radius 1 is 1.38 bits per heavy atom. The van der Waals surface area contributed by atoms with E-state index in [0.717, 1.165) is 5.56 Å². The van der Waals surface area contributed by atoms with Crippen LogP contribution in [-0.2, 0) is 4.79 Å². The van der Waals surface area contributed by atoms with Gasteiger partial charge in [-0.05, 0) is 31.5 Å². The van der Waals surface area contributed by atoms with Crippen LogP contribution in [0.15, 0.2) is 36.7 Å². The minimum absolute atomic E-state index is 0.0790. The maximum Gasteiger partial charge on any atom is 0.387 e. The molecule has 0 saturated heterocycles. The van der Waals surface area contributed by atoms with E-state index in [1.165, 1.54) is 16.8 Å². The molecule has 0 saturated carbocycles. The molecular formula is C14H15F2N3O2. The Morgan fingerprint density at radius 3 is 2.71 bits per heavy atom. The van der Waals surface area contributed by atoms with Crippen molar-refractivity contribution in [1.29, 1.82) is 0 Å². The number of anilines is 1. The van der Waals surface area contributed by atoms with Gasteiger partial charge in [0, 0.05) is 6.20 Å². The molecule has 1 amide bonds. The molecule has 0 aliphatic carbocycles. The van der Waals surface area contributed by atoms with Crippen LogP contribution in [0.2, 0.25) is 0 Å². The molecule has 112 valence electrons. The summed E-state index contributed by atoms with van der Waals surface area (Å²) in [5.41, 5.74) is 1.12. The van der Waals surface area contributed by atoms with Crippen molar-refractivity contribution in [2.45, 2.75) is 26.5 Å². The molecule has 5 nitrogen and oxygen atoms in total. The normalized spacial score (nSPS) is 12.2. The monoisotopic (exact) mass is 295 g/mol. The van der Waals surface area contributed by atoms with Crippen LogP contribution in [0.3, 0.4) is 0 Å². The van der Waals surface area contributed by atoms with Crippen LogP contribution < -0.4 is 10.1 Å². The molecule has 1 heterocycles. The largest absolute Gasteiger partial charge is 0.433 e. The summed E-state index contributed by atoms with van der Waals surface area (Å²) in [6, 6.07) is 5.46. The van der Waals surface area contributed by atoms with Crippen LogP contribution >= 0.6 is 0 Å². The van der Waals surface area contributed by atoms with Crippen LogP contribution in [-0.4, -0.2) is 22.3 Å². The Hall–Kier alpha value is -2.44. The number of nitrogens with zero attached hydrogens (tertiary/aromatic N) is 2. The molecule has 7 heteroatoms. The highest BCUT2D eigenvalue weighted by molar-refractivity contribution is 5.94. The number of carbonyl (C=O) groups excluding carboxylic acids is 1. The van der Waals surface area contributed by atoms with E-state index in [1.54, 1.807) is 31.5 Å². The predicted molar refractivity (Wildman–Crippen MR) is 73.4 cm³/mol. The van der Waals surface area contributed by atoms with Gasteiger partial charge in [-0.1, -0.05) is 12.1 Å². The standard InChI is InChI=1S/C14H15F2N3O2/c1-9-7-17-19(8-9)10(2)13(20)18-11-5-3-4-6-12(11)21-14(15)16/h3-8,10,14H,1-2H3,(H,18,20). The Labute approximate surface area is 120 Å². The summed E-state index contributed by atoms with van der Waals surface area (Å²) >= 11 is 0. The topological polar surface area (TPSA) is 56.2 Å². The summed E-state index contributed by atoms with van der Waals surface area (Å²) in [5, 5.41) is 6.62. The molecule has 0 bridgehead atoms. The molecule has 1 atom stereocenters. The number of halogens is 2. The lowest BCUT2D eigenvalue weighted by Gasteiger charge is -2.15. The number of aromatic nitrogens is 2. The third-order valence-electron chi connectivity index (χ3n) is 2.87. The average Bonchev–Trinajstić information content (AvgIpc) is 2.86. The van der Waals surface area contributed by atoms with Crippen LogP contribution in [0.5, 0.6) is 5.75 Å². The van der Waals surface area contributed by atoms with Crippen molar-refractivity contribution in [2.24, 2.45) is 0 Å². The molecule has 1 aromatic heterocycles. The average molecular weight is 295 g/mol. The van der Waals surface area contributed by atoms with Crippen molar-refractivity contribution in [1.82, 2.24) is 9.78 Å². The summed E-state index contributed by atoms with van der Waals surface area (Å²) in [5.74, 6) is -0.451. The molecule has 2 aromatic rings. The van der Waals surface area contributed by atoms with Gasteiger partial charge in [0.2, 0.25) is 5.91 Å². The number of hydrogen-bond donors (Lipinski definition) is 1. The molecule has 2 rings (SSSR count). The second-order valence-electron chi connectivity index (χ2n) is 4.54. The van der Waals surface area contributed by atoms with Gasteiger partial charge in [-0.15, -0.1) is 0 Å². The fraction of sp³-hybridized carbons (Fsp3) is 0.286. The van der Waals surface area contributed by atoms with E-state index in [9.17, 15) is 13.6 Å². The van der Waals surface area contributed by atoms with Gasteiger partial charge in [-0.3, -0.25) is 9.48 Å². The molecule has 0 spiro atoms. The second kappa shape index (κ2) is 6.34. The molecular weight excluding hydrogens is 280 g/mol. The van der Waals surface area contributed by atoms with Crippen LogP contribution in [0.4, 0.5) is 14.5 Å². The fourth-order valence-corrected chi connectivity index (χ4v) is 1.77. The summed E-state index contributed by atoms with van der Waals surface area (Å²) in [4.78, 5) is 12.1. The van der Waals surface area contributed by atoms with Gasteiger partial charge < -0.3 is 10.1 Å². The number of benzene rings is 1. The highest BCUT2D eigenvalue weighted by atomic mass is 19.3. The molecule has 21 heavy (non-hydrogen) atoms. The van der Waals surface area contributed by atoms with Crippen LogP contribution in [0.25, 0.3) is 0 Å². The highest BCUT2D eigenvalue weighted by Gasteiger charge is 2.18. The van der Waals surface area contributed by atoms with Crippen molar-refractivity contribution in [2.75, 3.05) is 5.32 Å². The molecule has 0 radical (unpaired) electrons. The number of para-hydroxylation sites is 2. The van der Waals surface area contributed by atoms with Gasteiger partial charge in [0.25, 0.3) is 0 Å². The zero-order valence-electron chi connectivity index (χ0n) is 11.6. The number of nitrogens with one attached hydrogen (secondary N) is 1. The number of hydrogen-bond acceptors (Lipinski definition) is 3. The predicted octanol–water partition coefficient (Wildman–Crippen LogP) is 2.99. The van der Waals surface area contributed by atoms with E-state index in [1.807, 2.05) is 6.92 Å². The van der Waals surface area contributed by atoms with Crippen molar-refractivity contribution >= 4 is 11.6 Å². The third kappa shape index (κ3) is 3.77. The molecule has 0 aliphatic heterocycles. The fourth-order valence-electron chi connectivity index (χ4n) is 1.77. The number of aryl methyl sites for hydroxylation is 1.